The predicted octanol–water partition coefficient (Wildman–Crippen LogP) is 2.49. The third-order valence-corrected chi connectivity index (χ3v) is 2.58. The molecule has 0 aromatic heterocycles. The Balaban J connectivity index is 2.30. The van der Waals surface area contributed by atoms with Crippen molar-refractivity contribution in [2.45, 2.75) is 26.2 Å². The van der Waals surface area contributed by atoms with E-state index < -0.39 is 0 Å². The van der Waals surface area contributed by atoms with Crippen molar-refractivity contribution < 1.29 is 14.6 Å². The minimum absolute atomic E-state index is 0.0457. The number of carbonyl (C=O) groups is 1. The standard InChI is InChI=1S/C15H20O3/c1-13(15(17)18-12-6-11-16)7-5-10-14-8-3-2-4-9-14/h2-4,7-9,16H,5-6,10-12H2,1H3. The molecule has 1 aromatic carbocycles. The number of hydrogen-bond donors (Lipinski definition) is 1. The first kappa shape index (κ1) is 14.5. The van der Waals surface area contributed by atoms with Crippen molar-refractivity contribution in [1.29, 1.82) is 0 Å². The zero-order valence-electron chi connectivity index (χ0n) is 10.8. The number of aliphatic hydroxyl groups excluding tert-OH is 1. The zero-order valence-corrected chi connectivity index (χ0v) is 10.8. The van der Waals surface area contributed by atoms with Gasteiger partial charge in [0.1, 0.15) is 0 Å². The molecule has 0 radical (unpaired) electrons. The molecule has 1 N–H and O–H groups in total. The largest absolute Gasteiger partial charge is 0.462 e. The number of benzene rings is 1. The van der Waals surface area contributed by atoms with Crippen LogP contribution in [0.3, 0.4) is 0 Å². The highest BCUT2D eigenvalue weighted by atomic mass is 16.5. The first-order chi connectivity index (χ1) is 8.74. The van der Waals surface area contributed by atoms with Gasteiger partial charge >= 0.3 is 5.97 Å². The molecule has 0 aliphatic carbocycles. The highest BCUT2D eigenvalue weighted by molar-refractivity contribution is 5.87. The van der Waals surface area contributed by atoms with Crippen molar-refractivity contribution in [1.82, 2.24) is 0 Å². The van der Waals surface area contributed by atoms with Gasteiger partial charge in [-0.3, -0.25) is 0 Å². The second-order valence-corrected chi connectivity index (χ2v) is 4.12. The van der Waals surface area contributed by atoms with Crippen LogP contribution in [0, 0.1) is 0 Å². The quantitative estimate of drug-likeness (QED) is 0.458. The summed E-state index contributed by atoms with van der Waals surface area (Å²) in [5.74, 6) is -0.295. The van der Waals surface area contributed by atoms with Gasteiger partial charge in [0.15, 0.2) is 0 Å². The summed E-state index contributed by atoms with van der Waals surface area (Å²) in [6, 6.07) is 10.2. The number of esters is 1. The molecule has 0 heterocycles. The highest BCUT2D eigenvalue weighted by Gasteiger charge is 2.04. The van der Waals surface area contributed by atoms with Crippen LogP contribution in [0.15, 0.2) is 42.0 Å². The summed E-state index contributed by atoms with van der Waals surface area (Å²) in [5, 5.41) is 8.58. The molecule has 3 heteroatoms. The SMILES string of the molecule is CC(=CCCc1ccccc1)C(=O)OCCCO. The van der Waals surface area contributed by atoms with Gasteiger partial charge in [0, 0.05) is 18.6 Å². The average molecular weight is 248 g/mol. The van der Waals surface area contributed by atoms with E-state index in [9.17, 15) is 4.79 Å². The van der Waals surface area contributed by atoms with Crippen LogP contribution in [0.2, 0.25) is 0 Å². The van der Waals surface area contributed by atoms with Crippen LogP contribution in [0.1, 0.15) is 25.3 Å². The van der Waals surface area contributed by atoms with E-state index >= 15 is 0 Å². The van der Waals surface area contributed by atoms with E-state index in [0.29, 0.717) is 12.0 Å². The Morgan fingerprint density at radius 3 is 2.72 bits per heavy atom. The molecule has 0 fully saturated rings. The molecule has 0 spiro atoms. The van der Waals surface area contributed by atoms with Crippen LogP contribution in [0.5, 0.6) is 0 Å². The van der Waals surface area contributed by atoms with Crippen LogP contribution < -0.4 is 0 Å². The molecule has 1 rings (SSSR count). The first-order valence-corrected chi connectivity index (χ1v) is 6.22. The lowest BCUT2D eigenvalue weighted by Crippen LogP contribution is -2.08. The van der Waals surface area contributed by atoms with Crippen LogP contribution >= 0.6 is 0 Å². The summed E-state index contributed by atoms with van der Waals surface area (Å²) in [6.45, 7) is 2.08. The van der Waals surface area contributed by atoms with E-state index in [1.54, 1.807) is 6.92 Å². The number of hydrogen-bond acceptors (Lipinski definition) is 3. The fourth-order valence-electron chi connectivity index (χ4n) is 1.53. The summed E-state index contributed by atoms with van der Waals surface area (Å²) in [5.41, 5.74) is 1.89. The van der Waals surface area contributed by atoms with Gasteiger partial charge in [0.25, 0.3) is 0 Å². The van der Waals surface area contributed by atoms with Gasteiger partial charge in [-0.15, -0.1) is 0 Å². The molecular weight excluding hydrogens is 228 g/mol. The van der Waals surface area contributed by atoms with Crippen LogP contribution in [0.25, 0.3) is 0 Å². The minimum atomic E-state index is -0.295. The predicted molar refractivity (Wildman–Crippen MR) is 71.2 cm³/mol. The number of ether oxygens (including phenoxy) is 1. The lowest BCUT2D eigenvalue weighted by molar-refractivity contribution is -0.139. The molecule has 3 nitrogen and oxygen atoms in total. The molecule has 0 aliphatic rings. The summed E-state index contributed by atoms with van der Waals surface area (Å²) in [4.78, 5) is 11.5. The molecule has 18 heavy (non-hydrogen) atoms. The maximum Gasteiger partial charge on any atom is 0.333 e. The van der Waals surface area contributed by atoms with Crippen molar-refractivity contribution in [3.63, 3.8) is 0 Å². The van der Waals surface area contributed by atoms with Crippen molar-refractivity contribution in [2.75, 3.05) is 13.2 Å². The first-order valence-electron chi connectivity index (χ1n) is 6.22. The number of rotatable bonds is 7. The summed E-state index contributed by atoms with van der Waals surface area (Å²) in [7, 11) is 0. The fraction of sp³-hybridized carbons (Fsp3) is 0.400. The van der Waals surface area contributed by atoms with E-state index in [1.165, 1.54) is 5.56 Å². The third kappa shape index (κ3) is 5.64. The number of aliphatic hydroxyl groups is 1. The Hall–Kier alpha value is -1.61. The lowest BCUT2D eigenvalue weighted by atomic mass is 10.1. The van der Waals surface area contributed by atoms with Gasteiger partial charge in [0.2, 0.25) is 0 Å². The Morgan fingerprint density at radius 1 is 1.33 bits per heavy atom. The molecular formula is C15H20O3. The molecule has 1 aromatic rings. The van der Waals surface area contributed by atoms with Gasteiger partial charge in [0.05, 0.1) is 6.61 Å². The minimum Gasteiger partial charge on any atom is -0.462 e. The normalized spacial score (nSPS) is 11.3. The Morgan fingerprint density at radius 2 is 2.06 bits per heavy atom. The van der Waals surface area contributed by atoms with E-state index in [1.807, 2.05) is 24.3 Å². The van der Waals surface area contributed by atoms with Gasteiger partial charge in [-0.2, -0.15) is 0 Å². The van der Waals surface area contributed by atoms with Crippen LogP contribution in [-0.4, -0.2) is 24.3 Å². The van der Waals surface area contributed by atoms with E-state index in [4.69, 9.17) is 9.84 Å². The van der Waals surface area contributed by atoms with E-state index in [-0.39, 0.29) is 19.2 Å². The Kier molecular flexibility index (Phi) is 6.81. The molecule has 0 unspecified atom stereocenters. The topological polar surface area (TPSA) is 46.5 Å². The molecule has 0 saturated carbocycles. The second kappa shape index (κ2) is 8.48. The average Bonchev–Trinajstić information content (AvgIpc) is 2.40. The van der Waals surface area contributed by atoms with Crippen LogP contribution in [-0.2, 0) is 16.0 Å². The summed E-state index contributed by atoms with van der Waals surface area (Å²) < 4.78 is 4.98. The molecule has 0 saturated heterocycles. The van der Waals surface area contributed by atoms with Gasteiger partial charge in [-0.05, 0) is 25.3 Å². The molecule has 0 amide bonds. The smallest absolute Gasteiger partial charge is 0.333 e. The van der Waals surface area contributed by atoms with Crippen molar-refractivity contribution in [2.24, 2.45) is 0 Å². The zero-order chi connectivity index (χ0) is 13.2. The number of aryl methyl sites for hydroxylation is 1. The molecule has 98 valence electrons. The van der Waals surface area contributed by atoms with Crippen molar-refractivity contribution in [3.8, 4) is 0 Å². The lowest BCUT2D eigenvalue weighted by Gasteiger charge is -2.03. The van der Waals surface area contributed by atoms with Crippen molar-refractivity contribution >= 4 is 5.97 Å². The molecule has 0 bridgehead atoms. The summed E-state index contributed by atoms with van der Waals surface area (Å²) >= 11 is 0. The van der Waals surface area contributed by atoms with Gasteiger partial charge in [-0.25, -0.2) is 4.79 Å². The number of carbonyl (C=O) groups excluding carboxylic acids is 1. The van der Waals surface area contributed by atoms with Crippen molar-refractivity contribution in [3.05, 3.63) is 47.5 Å². The van der Waals surface area contributed by atoms with E-state index in [0.717, 1.165) is 12.8 Å². The maximum absolute atomic E-state index is 11.5. The molecule has 0 atom stereocenters. The monoisotopic (exact) mass is 248 g/mol. The summed E-state index contributed by atoms with van der Waals surface area (Å²) in [6.07, 6.45) is 4.13. The van der Waals surface area contributed by atoms with Gasteiger partial charge in [-0.1, -0.05) is 36.4 Å². The van der Waals surface area contributed by atoms with Crippen LogP contribution in [0.4, 0.5) is 0 Å². The van der Waals surface area contributed by atoms with Gasteiger partial charge < -0.3 is 9.84 Å². The Labute approximate surface area is 108 Å². The Bertz CT molecular complexity index is 382. The van der Waals surface area contributed by atoms with E-state index in [2.05, 4.69) is 12.1 Å². The highest BCUT2D eigenvalue weighted by Crippen LogP contribution is 2.06. The molecule has 0 aliphatic heterocycles. The maximum atomic E-state index is 11.5. The number of allylic oxidation sites excluding steroid dienone is 1. The third-order valence-electron chi connectivity index (χ3n) is 2.58. The second-order valence-electron chi connectivity index (χ2n) is 4.12. The fourth-order valence-corrected chi connectivity index (χ4v) is 1.53.